The lowest BCUT2D eigenvalue weighted by atomic mass is 10.0. The van der Waals surface area contributed by atoms with Gasteiger partial charge in [-0.1, -0.05) is 11.6 Å². The zero-order chi connectivity index (χ0) is 13.1. The van der Waals surface area contributed by atoms with Crippen LogP contribution in [0.5, 0.6) is 0 Å². The Morgan fingerprint density at radius 3 is 2.83 bits per heavy atom. The number of nitrogens with zero attached hydrogens (tertiary/aromatic N) is 1. The highest BCUT2D eigenvalue weighted by atomic mass is 16.2. The number of nitrogens with one attached hydrogen (secondary N) is 1. The van der Waals surface area contributed by atoms with E-state index >= 15 is 0 Å². The van der Waals surface area contributed by atoms with E-state index in [2.05, 4.69) is 12.2 Å². The topological polar surface area (TPSA) is 32.3 Å². The largest absolute Gasteiger partial charge is 0.387 e. The van der Waals surface area contributed by atoms with Crippen LogP contribution in [0, 0.1) is 6.92 Å². The van der Waals surface area contributed by atoms with E-state index < -0.39 is 0 Å². The van der Waals surface area contributed by atoms with Crippen molar-refractivity contribution in [2.24, 2.45) is 0 Å². The van der Waals surface area contributed by atoms with E-state index in [1.165, 1.54) is 6.42 Å². The minimum Gasteiger partial charge on any atom is -0.387 e. The van der Waals surface area contributed by atoms with Crippen LogP contribution >= 0.6 is 0 Å². The number of amides is 1. The van der Waals surface area contributed by atoms with Crippen LogP contribution in [-0.4, -0.2) is 30.4 Å². The van der Waals surface area contributed by atoms with Crippen molar-refractivity contribution in [3.63, 3.8) is 0 Å². The Balaban J connectivity index is 2.29. The van der Waals surface area contributed by atoms with Crippen molar-refractivity contribution < 1.29 is 4.79 Å². The number of hydrogen-bond acceptors (Lipinski definition) is 2. The van der Waals surface area contributed by atoms with Gasteiger partial charge in [-0.3, -0.25) is 4.79 Å². The molecule has 0 bridgehead atoms. The Labute approximate surface area is 109 Å². The van der Waals surface area contributed by atoms with Crippen molar-refractivity contribution in [1.29, 1.82) is 0 Å². The van der Waals surface area contributed by atoms with E-state index in [1.54, 1.807) is 0 Å². The second-order valence-corrected chi connectivity index (χ2v) is 5.14. The van der Waals surface area contributed by atoms with Gasteiger partial charge in [-0.2, -0.15) is 0 Å². The molecule has 1 amide bonds. The molecule has 1 saturated heterocycles. The zero-order valence-electron chi connectivity index (χ0n) is 11.5. The minimum atomic E-state index is 0.162. The summed E-state index contributed by atoms with van der Waals surface area (Å²) in [7, 11) is 1.86. The van der Waals surface area contributed by atoms with Gasteiger partial charge < -0.3 is 10.2 Å². The monoisotopic (exact) mass is 246 g/mol. The second kappa shape index (κ2) is 5.42. The third-order valence-corrected chi connectivity index (χ3v) is 3.74. The molecule has 0 saturated carbocycles. The van der Waals surface area contributed by atoms with Gasteiger partial charge in [-0.05, 0) is 45.2 Å². The molecule has 98 valence electrons. The summed E-state index contributed by atoms with van der Waals surface area (Å²) in [5.41, 5.74) is 2.84. The number of benzene rings is 1. The molecule has 2 rings (SSSR count). The Morgan fingerprint density at radius 1 is 1.39 bits per heavy atom. The molecule has 1 fully saturated rings. The highest BCUT2D eigenvalue weighted by molar-refractivity contribution is 6.00. The van der Waals surface area contributed by atoms with E-state index in [4.69, 9.17) is 0 Å². The highest BCUT2D eigenvalue weighted by Gasteiger charge is 2.25. The van der Waals surface area contributed by atoms with Crippen molar-refractivity contribution in [2.45, 2.75) is 39.2 Å². The van der Waals surface area contributed by atoms with Gasteiger partial charge in [0.1, 0.15) is 0 Å². The highest BCUT2D eigenvalue weighted by Crippen LogP contribution is 2.23. The molecule has 1 atom stereocenters. The van der Waals surface area contributed by atoms with Crippen LogP contribution in [0.25, 0.3) is 0 Å². The fourth-order valence-electron chi connectivity index (χ4n) is 2.61. The summed E-state index contributed by atoms with van der Waals surface area (Å²) in [6.45, 7) is 5.05. The summed E-state index contributed by atoms with van der Waals surface area (Å²) in [6, 6.07) is 6.35. The quantitative estimate of drug-likeness (QED) is 0.870. The second-order valence-electron chi connectivity index (χ2n) is 5.14. The van der Waals surface area contributed by atoms with E-state index in [0.717, 1.165) is 36.2 Å². The number of carbonyl (C=O) groups excluding carboxylic acids is 1. The fraction of sp³-hybridized carbons (Fsp3) is 0.533. The van der Waals surface area contributed by atoms with E-state index in [-0.39, 0.29) is 5.91 Å². The predicted molar refractivity (Wildman–Crippen MR) is 75.1 cm³/mol. The SMILES string of the molecule is CNc1ccc(C)cc1C(=O)N1CCCCC1C. The number of carbonyl (C=O) groups is 1. The Kier molecular flexibility index (Phi) is 3.90. The third-order valence-electron chi connectivity index (χ3n) is 3.74. The van der Waals surface area contributed by atoms with Gasteiger partial charge in [0.2, 0.25) is 0 Å². The van der Waals surface area contributed by atoms with Gasteiger partial charge in [0.25, 0.3) is 5.91 Å². The van der Waals surface area contributed by atoms with Crippen molar-refractivity contribution in [3.8, 4) is 0 Å². The standard InChI is InChI=1S/C15H22N2O/c1-11-7-8-14(16-3)13(10-11)15(18)17-9-5-4-6-12(17)2/h7-8,10,12,16H,4-6,9H2,1-3H3. The smallest absolute Gasteiger partial charge is 0.256 e. The number of hydrogen-bond donors (Lipinski definition) is 1. The first-order valence-corrected chi connectivity index (χ1v) is 6.73. The molecule has 3 heteroatoms. The fourth-order valence-corrected chi connectivity index (χ4v) is 2.61. The number of aryl methyl sites for hydroxylation is 1. The molecule has 1 unspecified atom stereocenters. The summed E-state index contributed by atoms with van der Waals surface area (Å²) >= 11 is 0. The molecule has 1 aliphatic heterocycles. The molecule has 3 nitrogen and oxygen atoms in total. The normalized spacial score (nSPS) is 19.7. The van der Waals surface area contributed by atoms with Crippen molar-refractivity contribution in [3.05, 3.63) is 29.3 Å². The number of anilines is 1. The Bertz CT molecular complexity index is 442. The van der Waals surface area contributed by atoms with Crippen molar-refractivity contribution >= 4 is 11.6 Å². The summed E-state index contributed by atoms with van der Waals surface area (Å²) in [6.07, 6.45) is 3.47. The van der Waals surface area contributed by atoms with Gasteiger partial charge in [-0.15, -0.1) is 0 Å². The van der Waals surface area contributed by atoms with Crippen LogP contribution in [0.4, 0.5) is 5.69 Å². The van der Waals surface area contributed by atoms with Crippen molar-refractivity contribution in [1.82, 2.24) is 4.90 Å². The van der Waals surface area contributed by atoms with Gasteiger partial charge in [0.05, 0.1) is 5.56 Å². The van der Waals surface area contributed by atoms with Gasteiger partial charge in [-0.25, -0.2) is 0 Å². The molecule has 1 heterocycles. The maximum absolute atomic E-state index is 12.6. The Hall–Kier alpha value is -1.51. The summed E-state index contributed by atoms with van der Waals surface area (Å²) < 4.78 is 0. The van der Waals surface area contributed by atoms with E-state index in [1.807, 2.05) is 37.1 Å². The summed E-state index contributed by atoms with van der Waals surface area (Å²) in [5.74, 6) is 0.162. The molecule has 1 N–H and O–H groups in total. The first-order chi connectivity index (χ1) is 8.63. The lowest BCUT2D eigenvalue weighted by Gasteiger charge is -2.34. The van der Waals surface area contributed by atoms with Gasteiger partial charge in [0, 0.05) is 25.3 Å². The van der Waals surface area contributed by atoms with Crippen LogP contribution in [-0.2, 0) is 0 Å². The molecule has 0 spiro atoms. The van der Waals surface area contributed by atoms with Crippen LogP contribution in [0.15, 0.2) is 18.2 Å². The maximum atomic E-state index is 12.6. The maximum Gasteiger partial charge on any atom is 0.256 e. The van der Waals surface area contributed by atoms with Crippen LogP contribution in [0.1, 0.15) is 42.1 Å². The van der Waals surface area contributed by atoms with Crippen molar-refractivity contribution in [2.75, 3.05) is 18.9 Å². The van der Waals surface area contributed by atoms with E-state index in [0.29, 0.717) is 6.04 Å². The first kappa shape index (κ1) is 12.9. The molecule has 0 radical (unpaired) electrons. The summed E-state index contributed by atoms with van der Waals surface area (Å²) in [4.78, 5) is 14.6. The number of piperidine rings is 1. The lowest BCUT2D eigenvalue weighted by molar-refractivity contribution is 0.0636. The zero-order valence-corrected chi connectivity index (χ0v) is 11.5. The van der Waals surface area contributed by atoms with Crippen LogP contribution < -0.4 is 5.32 Å². The van der Waals surface area contributed by atoms with Crippen LogP contribution in [0.2, 0.25) is 0 Å². The molecule has 18 heavy (non-hydrogen) atoms. The molecule has 1 aromatic carbocycles. The van der Waals surface area contributed by atoms with Gasteiger partial charge >= 0.3 is 0 Å². The summed E-state index contributed by atoms with van der Waals surface area (Å²) in [5, 5.41) is 3.11. The van der Waals surface area contributed by atoms with Crippen LogP contribution in [0.3, 0.4) is 0 Å². The molecule has 1 aliphatic rings. The molecule has 0 aliphatic carbocycles. The molecule has 1 aromatic rings. The number of likely N-dealkylation sites (tertiary alicyclic amines) is 1. The minimum absolute atomic E-state index is 0.162. The average molecular weight is 246 g/mol. The molecular weight excluding hydrogens is 224 g/mol. The third kappa shape index (κ3) is 2.50. The predicted octanol–water partition coefficient (Wildman–Crippen LogP) is 3.05. The Morgan fingerprint density at radius 2 is 2.17 bits per heavy atom. The number of rotatable bonds is 2. The first-order valence-electron chi connectivity index (χ1n) is 6.73. The molecular formula is C15H22N2O. The average Bonchev–Trinajstić information content (AvgIpc) is 2.38. The lowest BCUT2D eigenvalue weighted by Crippen LogP contribution is -2.42. The van der Waals surface area contributed by atoms with Gasteiger partial charge in [0.15, 0.2) is 0 Å². The van der Waals surface area contributed by atoms with E-state index in [9.17, 15) is 4.79 Å². The molecule has 0 aromatic heterocycles.